The SMILES string of the molecule is CC[C@H](CNC(=O)c1c(C)nc2c(OCc3c(F)cccc3F)cc(Cl)cn12)NC(=O)OC(=O)C(F)(F)F. The summed E-state index contributed by atoms with van der Waals surface area (Å²) in [5.74, 6) is -4.96. The molecule has 15 heteroatoms. The minimum atomic E-state index is -5.35. The molecule has 9 nitrogen and oxygen atoms in total. The van der Waals surface area contributed by atoms with Crippen LogP contribution in [0.3, 0.4) is 0 Å². The maximum absolute atomic E-state index is 14.0. The molecular weight excluding hydrogens is 543 g/mol. The first-order valence-corrected chi connectivity index (χ1v) is 11.3. The Kier molecular flexibility index (Phi) is 8.76. The number of hydrogen-bond donors (Lipinski definition) is 2. The molecule has 0 saturated heterocycles. The monoisotopic (exact) mass is 562 g/mol. The normalized spacial score (nSPS) is 12.2. The zero-order valence-corrected chi connectivity index (χ0v) is 20.5. The molecule has 3 rings (SSSR count). The molecule has 2 aromatic heterocycles. The van der Waals surface area contributed by atoms with Crippen molar-refractivity contribution in [3.05, 3.63) is 64.1 Å². The molecule has 0 aliphatic carbocycles. The van der Waals surface area contributed by atoms with Gasteiger partial charge in [-0.05, 0) is 25.5 Å². The van der Waals surface area contributed by atoms with E-state index >= 15 is 0 Å². The number of fused-ring (bicyclic) bond motifs is 1. The Bertz CT molecular complexity index is 1360. The van der Waals surface area contributed by atoms with Gasteiger partial charge in [-0.15, -0.1) is 0 Å². The number of alkyl halides is 3. The zero-order chi connectivity index (χ0) is 28.2. The van der Waals surface area contributed by atoms with Gasteiger partial charge in [0.25, 0.3) is 5.91 Å². The topological polar surface area (TPSA) is 111 Å². The number of benzene rings is 1. The number of nitrogens with one attached hydrogen (secondary N) is 2. The highest BCUT2D eigenvalue weighted by Crippen LogP contribution is 2.28. The van der Waals surface area contributed by atoms with Crippen LogP contribution in [0.1, 0.15) is 35.1 Å². The Hall–Kier alpha value is -3.94. The number of imidazole rings is 1. The van der Waals surface area contributed by atoms with Gasteiger partial charge in [0.05, 0.1) is 16.3 Å². The van der Waals surface area contributed by atoms with Crippen molar-refractivity contribution < 1.29 is 45.8 Å². The first kappa shape index (κ1) is 28.6. The quantitative estimate of drug-likeness (QED) is 0.238. The van der Waals surface area contributed by atoms with E-state index < -0.39 is 48.4 Å². The number of esters is 1. The summed E-state index contributed by atoms with van der Waals surface area (Å²) in [5, 5.41) is 4.68. The molecule has 0 saturated carbocycles. The number of carbonyl (C=O) groups is 3. The number of hydrogen-bond acceptors (Lipinski definition) is 6. The largest absolute Gasteiger partial charge is 0.491 e. The van der Waals surface area contributed by atoms with Crippen molar-refractivity contribution in [3.8, 4) is 5.75 Å². The van der Waals surface area contributed by atoms with E-state index in [4.69, 9.17) is 16.3 Å². The number of halogens is 6. The number of nitrogens with zero attached hydrogens (tertiary/aromatic N) is 2. The molecule has 0 bridgehead atoms. The van der Waals surface area contributed by atoms with Gasteiger partial charge in [0, 0.05) is 24.8 Å². The number of amides is 2. The van der Waals surface area contributed by atoms with E-state index in [0.29, 0.717) is 0 Å². The summed E-state index contributed by atoms with van der Waals surface area (Å²) < 4.78 is 75.3. The predicted molar refractivity (Wildman–Crippen MR) is 123 cm³/mol. The number of aromatic nitrogens is 2. The van der Waals surface area contributed by atoms with Crippen molar-refractivity contribution in [2.45, 2.75) is 39.1 Å². The molecule has 0 unspecified atom stereocenters. The van der Waals surface area contributed by atoms with Gasteiger partial charge < -0.3 is 20.1 Å². The first-order valence-electron chi connectivity index (χ1n) is 10.9. The summed E-state index contributed by atoms with van der Waals surface area (Å²) >= 11 is 6.16. The van der Waals surface area contributed by atoms with E-state index in [-0.39, 0.29) is 46.3 Å². The number of aryl methyl sites for hydroxylation is 1. The van der Waals surface area contributed by atoms with Crippen molar-refractivity contribution in [2.75, 3.05) is 6.54 Å². The van der Waals surface area contributed by atoms with E-state index in [2.05, 4.69) is 20.4 Å². The minimum absolute atomic E-state index is 0.00843. The Morgan fingerprint density at radius 2 is 1.84 bits per heavy atom. The van der Waals surface area contributed by atoms with Gasteiger partial charge in [-0.2, -0.15) is 13.2 Å². The van der Waals surface area contributed by atoms with Crippen LogP contribution in [0.2, 0.25) is 5.02 Å². The highest BCUT2D eigenvalue weighted by Gasteiger charge is 2.42. The summed E-state index contributed by atoms with van der Waals surface area (Å²) in [6.07, 6.45) is -5.45. The minimum Gasteiger partial charge on any atom is -0.485 e. The van der Waals surface area contributed by atoms with E-state index in [0.717, 1.165) is 12.1 Å². The smallest absolute Gasteiger partial charge is 0.485 e. The molecule has 0 spiro atoms. The van der Waals surface area contributed by atoms with E-state index in [1.807, 2.05) is 0 Å². The molecule has 1 atom stereocenters. The second-order valence-electron chi connectivity index (χ2n) is 7.89. The van der Waals surface area contributed by atoms with E-state index in [9.17, 15) is 36.3 Å². The van der Waals surface area contributed by atoms with Crippen LogP contribution in [-0.4, -0.2) is 46.1 Å². The summed E-state index contributed by atoms with van der Waals surface area (Å²) in [7, 11) is 0. The number of alkyl carbamates (subject to hydrolysis) is 1. The fraction of sp³-hybridized carbons (Fsp3) is 0.304. The lowest BCUT2D eigenvalue weighted by molar-refractivity contribution is -0.192. The molecule has 3 aromatic rings. The van der Waals surface area contributed by atoms with Crippen LogP contribution in [0.4, 0.5) is 26.7 Å². The molecule has 2 amide bonds. The second-order valence-corrected chi connectivity index (χ2v) is 8.32. The molecule has 2 N–H and O–H groups in total. The molecular formula is C23H20ClF5N4O5. The van der Waals surface area contributed by atoms with E-state index in [1.165, 1.54) is 29.7 Å². The average molecular weight is 563 g/mol. The van der Waals surface area contributed by atoms with Crippen LogP contribution in [0.25, 0.3) is 5.65 Å². The third-order valence-electron chi connectivity index (χ3n) is 5.22. The fourth-order valence-electron chi connectivity index (χ4n) is 3.33. The molecule has 204 valence electrons. The van der Waals surface area contributed by atoms with Gasteiger partial charge in [-0.3, -0.25) is 9.20 Å². The van der Waals surface area contributed by atoms with Gasteiger partial charge in [0.2, 0.25) is 0 Å². The van der Waals surface area contributed by atoms with Gasteiger partial charge in [0.15, 0.2) is 11.4 Å². The molecule has 0 fully saturated rings. The third-order valence-corrected chi connectivity index (χ3v) is 5.42. The van der Waals surface area contributed by atoms with Crippen molar-refractivity contribution in [1.82, 2.24) is 20.0 Å². The van der Waals surface area contributed by atoms with Crippen molar-refractivity contribution in [2.24, 2.45) is 0 Å². The van der Waals surface area contributed by atoms with Crippen LogP contribution < -0.4 is 15.4 Å². The number of carbonyl (C=O) groups excluding carboxylic acids is 3. The molecule has 2 heterocycles. The van der Waals surface area contributed by atoms with Crippen molar-refractivity contribution in [3.63, 3.8) is 0 Å². The zero-order valence-electron chi connectivity index (χ0n) is 19.8. The third kappa shape index (κ3) is 6.68. The molecule has 0 aliphatic rings. The maximum atomic E-state index is 14.0. The van der Waals surface area contributed by atoms with Crippen LogP contribution in [0.15, 0.2) is 30.5 Å². The Morgan fingerprint density at radius 1 is 1.18 bits per heavy atom. The van der Waals surface area contributed by atoms with Gasteiger partial charge in [0.1, 0.15) is 23.9 Å². The van der Waals surface area contributed by atoms with Gasteiger partial charge >= 0.3 is 18.2 Å². The lowest BCUT2D eigenvalue weighted by Gasteiger charge is -2.17. The first-order chi connectivity index (χ1) is 17.8. The summed E-state index contributed by atoms with van der Waals surface area (Å²) in [5.41, 5.74) is 0.0330. The molecule has 0 aliphatic heterocycles. The van der Waals surface area contributed by atoms with Crippen LogP contribution in [0.5, 0.6) is 5.75 Å². The summed E-state index contributed by atoms with van der Waals surface area (Å²) in [4.78, 5) is 39.6. The number of rotatable bonds is 8. The van der Waals surface area contributed by atoms with Gasteiger partial charge in [-0.1, -0.05) is 24.6 Å². The summed E-state index contributed by atoms with van der Waals surface area (Å²) in [6.45, 7) is 2.35. The number of ether oxygens (including phenoxy) is 2. The molecule has 0 radical (unpaired) electrons. The highest BCUT2D eigenvalue weighted by molar-refractivity contribution is 6.30. The van der Waals surface area contributed by atoms with Crippen molar-refractivity contribution in [1.29, 1.82) is 0 Å². The average Bonchev–Trinajstić information content (AvgIpc) is 3.16. The fourth-order valence-corrected chi connectivity index (χ4v) is 3.53. The lowest BCUT2D eigenvalue weighted by atomic mass is 10.2. The van der Waals surface area contributed by atoms with Crippen molar-refractivity contribution >= 4 is 35.2 Å². The van der Waals surface area contributed by atoms with Crippen LogP contribution in [0, 0.1) is 18.6 Å². The lowest BCUT2D eigenvalue weighted by Crippen LogP contribution is -2.45. The second kappa shape index (κ2) is 11.6. The molecule has 1 aromatic carbocycles. The summed E-state index contributed by atoms with van der Waals surface area (Å²) in [6, 6.07) is 3.82. The number of pyridine rings is 1. The Labute approximate surface area is 216 Å². The van der Waals surface area contributed by atoms with Crippen LogP contribution >= 0.6 is 11.6 Å². The van der Waals surface area contributed by atoms with Crippen LogP contribution in [-0.2, 0) is 16.1 Å². The maximum Gasteiger partial charge on any atom is 0.491 e. The molecule has 38 heavy (non-hydrogen) atoms. The Morgan fingerprint density at radius 3 is 2.45 bits per heavy atom. The Balaban J connectivity index is 1.75. The highest BCUT2D eigenvalue weighted by atomic mass is 35.5. The predicted octanol–water partition coefficient (Wildman–Crippen LogP) is 4.48. The van der Waals surface area contributed by atoms with E-state index in [1.54, 1.807) is 6.92 Å². The standard InChI is InChI=1S/C23H20ClF5N4O5/c1-3-13(32-22(36)38-21(35)23(27,28)29)8-30-20(34)18-11(2)31-19-17(7-12(24)9-33(18)19)37-10-14-15(25)5-4-6-16(14)26/h4-7,9,13H,3,8,10H2,1-2H3,(H,30,34)(H,32,36)/t13-/m1/s1. The van der Waals surface area contributed by atoms with Gasteiger partial charge in [-0.25, -0.2) is 23.4 Å².